The Kier molecular flexibility index (Phi) is 5.22. The molecule has 0 bridgehead atoms. The number of fused-ring (bicyclic) bond motifs is 9. The Morgan fingerprint density at radius 2 is 1.68 bits per heavy atom. The van der Waals surface area contributed by atoms with Crippen LogP contribution in [0.5, 0.6) is 0 Å². The van der Waals surface area contributed by atoms with Gasteiger partial charge in [-0.15, -0.1) is 24.8 Å². The molecule has 5 heterocycles. The average Bonchev–Trinajstić information content (AvgIpc) is 3.52. The van der Waals surface area contributed by atoms with E-state index in [4.69, 9.17) is 20.0 Å². The zero-order valence-electron chi connectivity index (χ0n) is 19.5. The first-order valence-electron chi connectivity index (χ1n) is 11.8. The standard InChI is InChI=1S/C27H19N7O.2ClH/c35-24-27(18-11-3-5-13-20(18)29-24)32-26(33-15-7-9-16-8-1-6-14-21(16)33)31-25-30-22-17-10-2-4-12-19(17)28-23(22)34(25)27;;/h1-6,8,10-14H,7,9,15H2,(H,29,35);2*1H. The lowest BCUT2D eigenvalue weighted by Crippen LogP contribution is -2.54. The molecule has 1 unspecified atom stereocenters. The molecule has 37 heavy (non-hydrogen) atoms. The number of hydrogen-bond donors (Lipinski definition) is 1. The molecule has 4 aliphatic rings. The van der Waals surface area contributed by atoms with Crippen LogP contribution < -0.4 is 21.3 Å². The smallest absolute Gasteiger partial charge is 0.278 e. The highest BCUT2D eigenvalue weighted by atomic mass is 35.5. The number of nitrogens with zero attached hydrogens (tertiary/aromatic N) is 6. The number of aliphatic imine (C=N–C) groups is 1. The summed E-state index contributed by atoms with van der Waals surface area (Å²) in [5, 5.41) is 3.05. The molecule has 0 saturated carbocycles. The number of rotatable bonds is 0. The number of imidazole rings is 1. The van der Waals surface area contributed by atoms with E-state index in [1.165, 1.54) is 5.56 Å². The number of benzene rings is 3. The summed E-state index contributed by atoms with van der Waals surface area (Å²) in [4.78, 5) is 35.8. The average molecular weight is 530 g/mol. The van der Waals surface area contributed by atoms with Crippen LogP contribution in [0.4, 0.5) is 17.1 Å². The van der Waals surface area contributed by atoms with Crippen LogP contribution in [0.15, 0.2) is 87.8 Å². The van der Waals surface area contributed by atoms with Crippen LogP contribution in [0, 0.1) is 0 Å². The summed E-state index contributed by atoms with van der Waals surface area (Å²) in [6, 6.07) is 23.9. The largest absolute Gasteiger partial charge is 0.322 e. The minimum absolute atomic E-state index is 0. The van der Waals surface area contributed by atoms with Crippen molar-refractivity contribution < 1.29 is 4.79 Å². The van der Waals surface area contributed by atoms with E-state index >= 15 is 0 Å². The molecule has 1 amide bonds. The molecule has 0 saturated heterocycles. The van der Waals surface area contributed by atoms with Crippen LogP contribution in [-0.4, -0.2) is 28.0 Å². The van der Waals surface area contributed by atoms with E-state index in [1.807, 2.05) is 59.2 Å². The van der Waals surface area contributed by atoms with Gasteiger partial charge >= 0.3 is 0 Å². The Morgan fingerprint density at radius 1 is 0.892 bits per heavy atom. The number of aromatic nitrogens is 2. The van der Waals surface area contributed by atoms with Crippen LogP contribution in [0.25, 0.3) is 11.3 Å². The Balaban J connectivity index is 0.00000126. The van der Waals surface area contributed by atoms with Gasteiger partial charge in [0.25, 0.3) is 11.6 Å². The van der Waals surface area contributed by atoms with Gasteiger partial charge in [-0.3, -0.25) is 9.36 Å². The normalized spacial score (nSPS) is 19.5. The lowest BCUT2D eigenvalue weighted by Gasteiger charge is -2.34. The number of aryl methyl sites for hydroxylation is 1. The van der Waals surface area contributed by atoms with Crippen LogP contribution in [0.1, 0.15) is 17.5 Å². The number of carbonyl (C=O) groups is 1. The summed E-state index contributed by atoms with van der Waals surface area (Å²) >= 11 is 0. The minimum Gasteiger partial charge on any atom is -0.322 e. The second-order valence-electron chi connectivity index (χ2n) is 9.13. The monoisotopic (exact) mass is 529 g/mol. The van der Waals surface area contributed by atoms with E-state index in [-0.39, 0.29) is 30.7 Å². The number of guanidine groups is 1. The highest BCUT2D eigenvalue weighted by Crippen LogP contribution is 2.42. The van der Waals surface area contributed by atoms with Gasteiger partial charge < -0.3 is 10.2 Å². The molecule has 8 nitrogen and oxygen atoms in total. The third kappa shape index (κ3) is 3.00. The fraction of sp³-hybridized carbons (Fsp3) is 0.148. The number of carbonyl (C=O) groups excluding carboxylic acids is 1. The Labute approximate surface area is 224 Å². The molecule has 10 heteroatoms. The third-order valence-corrected chi connectivity index (χ3v) is 7.23. The van der Waals surface area contributed by atoms with Crippen molar-refractivity contribution in [3.05, 3.63) is 95.0 Å². The molecule has 4 aliphatic heterocycles. The number of hydrogen-bond acceptors (Lipinski definition) is 6. The maximum absolute atomic E-state index is 13.8. The van der Waals surface area contributed by atoms with Gasteiger partial charge in [-0.25, -0.2) is 15.0 Å². The molecule has 0 fully saturated rings. The lowest BCUT2D eigenvalue weighted by atomic mass is 10.00. The van der Waals surface area contributed by atoms with Crippen molar-refractivity contribution in [2.24, 2.45) is 15.0 Å². The minimum atomic E-state index is -1.37. The SMILES string of the molecule is Cl.Cl.O=C1Nc2ccccc2C12N=C(N1CCCc3ccccc31)N=c1nc3c(n12)=Nc1ccccc1-3. The van der Waals surface area contributed by atoms with E-state index in [0.29, 0.717) is 17.1 Å². The maximum Gasteiger partial charge on any atom is 0.278 e. The summed E-state index contributed by atoms with van der Waals surface area (Å²) in [5.41, 5.74) is 6.02. The van der Waals surface area contributed by atoms with Crippen molar-refractivity contribution in [3.63, 3.8) is 0 Å². The summed E-state index contributed by atoms with van der Waals surface area (Å²) in [6.45, 7) is 0.770. The molecule has 184 valence electrons. The van der Waals surface area contributed by atoms with E-state index < -0.39 is 5.66 Å². The fourth-order valence-corrected chi connectivity index (χ4v) is 5.67. The molecule has 0 aliphatic carbocycles. The first-order valence-corrected chi connectivity index (χ1v) is 11.8. The molecule has 0 radical (unpaired) electrons. The predicted molar refractivity (Wildman–Crippen MR) is 146 cm³/mol. The lowest BCUT2D eigenvalue weighted by molar-refractivity contribution is -0.121. The first kappa shape index (κ1) is 23.4. The predicted octanol–water partition coefficient (Wildman–Crippen LogP) is 3.75. The summed E-state index contributed by atoms with van der Waals surface area (Å²) in [5.74, 6) is 0.262. The first-order chi connectivity index (χ1) is 17.2. The highest BCUT2D eigenvalue weighted by molar-refractivity contribution is 6.09. The second kappa shape index (κ2) is 8.26. The van der Waals surface area contributed by atoms with Crippen LogP contribution >= 0.6 is 24.8 Å². The zero-order chi connectivity index (χ0) is 23.1. The van der Waals surface area contributed by atoms with Crippen molar-refractivity contribution in [3.8, 4) is 11.3 Å². The van der Waals surface area contributed by atoms with Crippen molar-refractivity contribution in [1.29, 1.82) is 0 Å². The molecule has 1 aromatic heterocycles. The van der Waals surface area contributed by atoms with Gasteiger partial charge in [0, 0.05) is 29.0 Å². The van der Waals surface area contributed by atoms with E-state index in [1.54, 1.807) is 0 Å². The molecule has 1 spiro atoms. The van der Waals surface area contributed by atoms with Gasteiger partial charge in [-0.2, -0.15) is 4.99 Å². The van der Waals surface area contributed by atoms with Gasteiger partial charge in [0.1, 0.15) is 5.69 Å². The maximum atomic E-state index is 13.8. The molecule has 4 aromatic rings. The number of anilines is 2. The molecular formula is C27H21Cl2N7O. The number of para-hydroxylation sites is 3. The van der Waals surface area contributed by atoms with Crippen LogP contribution in [0.2, 0.25) is 0 Å². The van der Waals surface area contributed by atoms with Crippen molar-refractivity contribution in [1.82, 2.24) is 9.55 Å². The zero-order valence-corrected chi connectivity index (χ0v) is 21.1. The van der Waals surface area contributed by atoms with Gasteiger partial charge in [0.05, 0.1) is 5.69 Å². The summed E-state index contributed by atoms with van der Waals surface area (Å²) in [7, 11) is 0. The number of amides is 1. The molecule has 1 N–H and O–H groups in total. The summed E-state index contributed by atoms with van der Waals surface area (Å²) < 4.78 is 1.81. The highest BCUT2D eigenvalue weighted by Gasteiger charge is 2.53. The molecular weight excluding hydrogens is 509 g/mol. The molecule has 1 atom stereocenters. The number of nitrogens with one attached hydrogen (secondary N) is 1. The van der Waals surface area contributed by atoms with Crippen LogP contribution in [-0.2, 0) is 16.9 Å². The molecule has 8 rings (SSSR count). The van der Waals surface area contributed by atoms with Crippen molar-refractivity contribution >= 4 is 53.7 Å². The topological polar surface area (TPSA) is 87.2 Å². The van der Waals surface area contributed by atoms with Gasteiger partial charge in [0.15, 0.2) is 5.49 Å². The van der Waals surface area contributed by atoms with Gasteiger partial charge in [-0.05, 0) is 36.6 Å². The number of halogens is 2. The third-order valence-electron chi connectivity index (χ3n) is 7.23. The molecule has 3 aromatic carbocycles. The Hall–Kier alpha value is -4.01. The second-order valence-corrected chi connectivity index (χ2v) is 9.13. The quantitative estimate of drug-likeness (QED) is 0.331. The van der Waals surface area contributed by atoms with Crippen molar-refractivity contribution in [2.75, 3.05) is 16.8 Å². The van der Waals surface area contributed by atoms with E-state index in [0.717, 1.165) is 53.3 Å². The fourth-order valence-electron chi connectivity index (χ4n) is 5.67. The van der Waals surface area contributed by atoms with Crippen molar-refractivity contribution in [2.45, 2.75) is 18.5 Å². The van der Waals surface area contributed by atoms with E-state index in [9.17, 15) is 4.79 Å². The Morgan fingerprint density at radius 3 is 2.59 bits per heavy atom. The van der Waals surface area contributed by atoms with Crippen LogP contribution in [0.3, 0.4) is 0 Å². The van der Waals surface area contributed by atoms with Gasteiger partial charge in [-0.1, -0.05) is 54.6 Å². The van der Waals surface area contributed by atoms with E-state index in [2.05, 4.69) is 28.4 Å². The Bertz CT molecular complexity index is 1760. The summed E-state index contributed by atoms with van der Waals surface area (Å²) in [6.07, 6.45) is 1.99. The van der Waals surface area contributed by atoms with Gasteiger partial charge in [0.2, 0.25) is 11.6 Å².